The van der Waals surface area contributed by atoms with Crippen molar-refractivity contribution in [3.05, 3.63) is 35.4 Å². The van der Waals surface area contributed by atoms with Gasteiger partial charge in [-0.3, -0.25) is 4.79 Å². The molecule has 0 spiro atoms. The Morgan fingerprint density at radius 3 is 3.06 bits per heavy atom. The van der Waals surface area contributed by atoms with Gasteiger partial charge in [-0.2, -0.15) is 0 Å². The SMILES string of the molecule is CCCCC(=O)OC1CCc2ccccc21. The lowest BCUT2D eigenvalue weighted by Crippen LogP contribution is -2.08. The van der Waals surface area contributed by atoms with Crippen molar-refractivity contribution in [2.45, 2.75) is 45.1 Å². The molecule has 1 aromatic carbocycles. The van der Waals surface area contributed by atoms with Gasteiger partial charge in [0.05, 0.1) is 0 Å². The predicted octanol–water partition coefficient (Wildman–Crippen LogP) is 3.41. The van der Waals surface area contributed by atoms with Crippen LogP contribution in [-0.2, 0) is 16.0 Å². The second kappa shape index (κ2) is 5.15. The van der Waals surface area contributed by atoms with Crippen molar-refractivity contribution in [3.8, 4) is 0 Å². The molecular formula is C14H18O2. The van der Waals surface area contributed by atoms with E-state index in [1.165, 1.54) is 11.1 Å². The summed E-state index contributed by atoms with van der Waals surface area (Å²) in [6.45, 7) is 2.08. The number of hydrogen-bond acceptors (Lipinski definition) is 2. The highest BCUT2D eigenvalue weighted by molar-refractivity contribution is 5.69. The van der Waals surface area contributed by atoms with Crippen LogP contribution in [0, 0.1) is 0 Å². The van der Waals surface area contributed by atoms with E-state index in [1.54, 1.807) is 0 Å². The molecule has 0 aliphatic heterocycles. The van der Waals surface area contributed by atoms with E-state index in [0.717, 1.165) is 25.7 Å². The number of aryl methyl sites for hydroxylation is 1. The van der Waals surface area contributed by atoms with Gasteiger partial charge in [0.25, 0.3) is 0 Å². The van der Waals surface area contributed by atoms with Crippen LogP contribution in [0.15, 0.2) is 24.3 Å². The third kappa shape index (κ3) is 2.43. The molecule has 1 unspecified atom stereocenters. The van der Waals surface area contributed by atoms with Crippen LogP contribution in [0.5, 0.6) is 0 Å². The molecule has 1 aliphatic carbocycles. The lowest BCUT2D eigenvalue weighted by atomic mass is 10.1. The molecule has 0 N–H and O–H groups in total. The standard InChI is InChI=1S/C14H18O2/c1-2-3-8-14(15)16-13-10-9-11-6-4-5-7-12(11)13/h4-7,13H,2-3,8-10H2,1H3. The fourth-order valence-electron chi connectivity index (χ4n) is 2.18. The van der Waals surface area contributed by atoms with Crippen molar-refractivity contribution in [2.24, 2.45) is 0 Å². The quantitative estimate of drug-likeness (QED) is 0.724. The van der Waals surface area contributed by atoms with E-state index in [2.05, 4.69) is 19.1 Å². The van der Waals surface area contributed by atoms with Crippen molar-refractivity contribution in [2.75, 3.05) is 0 Å². The highest BCUT2D eigenvalue weighted by Crippen LogP contribution is 2.33. The summed E-state index contributed by atoms with van der Waals surface area (Å²) in [5.74, 6) is -0.0523. The van der Waals surface area contributed by atoms with Crippen molar-refractivity contribution in [1.29, 1.82) is 0 Å². The molecule has 86 valence electrons. The molecule has 0 amide bonds. The van der Waals surface area contributed by atoms with Crippen molar-refractivity contribution >= 4 is 5.97 Å². The van der Waals surface area contributed by atoms with Gasteiger partial charge < -0.3 is 4.74 Å². The zero-order valence-electron chi connectivity index (χ0n) is 9.74. The average molecular weight is 218 g/mol. The lowest BCUT2D eigenvalue weighted by Gasteiger charge is -2.13. The van der Waals surface area contributed by atoms with Crippen LogP contribution in [0.25, 0.3) is 0 Å². The Morgan fingerprint density at radius 1 is 1.44 bits per heavy atom. The highest BCUT2D eigenvalue weighted by atomic mass is 16.5. The zero-order valence-corrected chi connectivity index (χ0v) is 9.74. The summed E-state index contributed by atoms with van der Waals surface area (Å²) < 4.78 is 5.50. The maximum Gasteiger partial charge on any atom is 0.306 e. The second-order valence-corrected chi connectivity index (χ2v) is 4.32. The van der Waals surface area contributed by atoms with Gasteiger partial charge in [0.15, 0.2) is 0 Å². The first kappa shape index (κ1) is 11.2. The highest BCUT2D eigenvalue weighted by Gasteiger charge is 2.24. The summed E-state index contributed by atoms with van der Waals surface area (Å²) in [6.07, 6.45) is 4.48. The minimum absolute atomic E-state index is 0.000515. The van der Waals surface area contributed by atoms with Crippen LogP contribution >= 0.6 is 0 Å². The largest absolute Gasteiger partial charge is 0.457 e. The minimum Gasteiger partial charge on any atom is -0.457 e. The van der Waals surface area contributed by atoms with Crippen molar-refractivity contribution in [1.82, 2.24) is 0 Å². The van der Waals surface area contributed by atoms with Gasteiger partial charge in [0.1, 0.15) is 6.10 Å². The first-order valence-electron chi connectivity index (χ1n) is 6.08. The molecule has 0 fully saturated rings. The Morgan fingerprint density at radius 2 is 2.25 bits per heavy atom. The van der Waals surface area contributed by atoms with Gasteiger partial charge in [0.2, 0.25) is 0 Å². The molecule has 1 atom stereocenters. The normalized spacial score (nSPS) is 18.2. The molecule has 0 heterocycles. The topological polar surface area (TPSA) is 26.3 Å². The maximum atomic E-state index is 11.5. The van der Waals surface area contributed by atoms with Crippen LogP contribution < -0.4 is 0 Å². The third-order valence-corrected chi connectivity index (χ3v) is 3.09. The van der Waals surface area contributed by atoms with Gasteiger partial charge in [0, 0.05) is 6.42 Å². The molecule has 0 radical (unpaired) electrons. The van der Waals surface area contributed by atoms with Crippen molar-refractivity contribution < 1.29 is 9.53 Å². The molecule has 2 rings (SSSR count). The summed E-state index contributed by atoms with van der Waals surface area (Å²) in [5, 5.41) is 0. The Bertz CT molecular complexity index is 371. The third-order valence-electron chi connectivity index (χ3n) is 3.09. The van der Waals surface area contributed by atoms with E-state index in [9.17, 15) is 4.79 Å². The average Bonchev–Trinajstić information content (AvgIpc) is 2.70. The first-order valence-corrected chi connectivity index (χ1v) is 6.08. The van der Waals surface area contributed by atoms with E-state index >= 15 is 0 Å². The lowest BCUT2D eigenvalue weighted by molar-refractivity contribution is -0.149. The molecule has 0 saturated carbocycles. The molecule has 2 nitrogen and oxygen atoms in total. The molecule has 0 bridgehead atoms. The fraction of sp³-hybridized carbons (Fsp3) is 0.500. The molecule has 2 heteroatoms. The van der Waals surface area contributed by atoms with Crippen LogP contribution in [0.1, 0.15) is 49.8 Å². The van der Waals surface area contributed by atoms with E-state index in [1.807, 2.05) is 12.1 Å². The number of carbonyl (C=O) groups excluding carboxylic acids is 1. The summed E-state index contributed by atoms with van der Waals surface area (Å²) in [5.41, 5.74) is 2.53. The molecule has 16 heavy (non-hydrogen) atoms. The second-order valence-electron chi connectivity index (χ2n) is 4.32. The van der Waals surface area contributed by atoms with Gasteiger partial charge in [-0.25, -0.2) is 0 Å². The van der Waals surface area contributed by atoms with E-state index in [4.69, 9.17) is 4.74 Å². The number of unbranched alkanes of at least 4 members (excludes halogenated alkanes) is 1. The van der Waals surface area contributed by atoms with Crippen LogP contribution in [0.2, 0.25) is 0 Å². The molecule has 0 saturated heterocycles. The van der Waals surface area contributed by atoms with Crippen LogP contribution in [0.3, 0.4) is 0 Å². The predicted molar refractivity (Wildman–Crippen MR) is 63.1 cm³/mol. The summed E-state index contributed by atoms with van der Waals surface area (Å²) >= 11 is 0. The Hall–Kier alpha value is -1.31. The van der Waals surface area contributed by atoms with E-state index in [-0.39, 0.29) is 12.1 Å². The van der Waals surface area contributed by atoms with Gasteiger partial charge >= 0.3 is 5.97 Å². The minimum atomic E-state index is -0.0523. The number of rotatable bonds is 4. The zero-order chi connectivity index (χ0) is 11.4. The Kier molecular flexibility index (Phi) is 3.60. The van der Waals surface area contributed by atoms with E-state index < -0.39 is 0 Å². The van der Waals surface area contributed by atoms with Gasteiger partial charge in [-0.15, -0.1) is 0 Å². The number of benzene rings is 1. The number of fused-ring (bicyclic) bond motifs is 1. The van der Waals surface area contributed by atoms with Gasteiger partial charge in [-0.1, -0.05) is 37.6 Å². The molecule has 1 aromatic rings. The number of ether oxygens (including phenoxy) is 1. The summed E-state index contributed by atoms with van der Waals surface area (Å²) in [7, 11) is 0. The first-order chi connectivity index (χ1) is 7.81. The number of carbonyl (C=O) groups is 1. The van der Waals surface area contributed by atoms with Crippen LogP contribution in [0.4, 0.5) is 0 Å². The molecule has 1 aliphatic rings. The Labute approximate surface area is 96.6 Å². The van der Waals surface area contributed by atoms with Crippen LogP contribution in [-0.4, -0.2) is 5.97 Å². The molecule has 0 aromatic heterocycles. The molecular weight excluding hydrogens is 200 g/mol. The summed E-state index contributed by atoms with van der Waals surface area (Å²) in [6, 6.07) is 8.24. The van der Waals surface area contributed by atoms with Gasteiger partial charge in [-0.05, 0) is 30.4 Å². The Balaban J connectivity index is 1.95. The number of hydrogen-bond donors (Lipinski definition) is 0. The van der Waals surface area contributed by atoms with Crippen molar-refractivity contribution in [3.63, 3.8) is 0 Å². The maximum absolute atomic E-state index is 11.5. The smallest absolute Gasteiger partial charge is 0.306 e. The summed E-state index contributed by atoms with van der Waals surface area (Å²) in [4.78, 5) is 11.5. The monoisotopic (exact) mass is 218 g/mol. The van der Waals surface area contributed by atoms with E-state index in [0.29, 0.717) is 6.42 Å². The fourth-order valence-corrected chi connectivity index (χ4v) is 2.18. The number of esters is 1.